The van der Waals surface area contributed by atoms with E-state index < -0.39 is 21.5 Å². The van der Waals surface area contributed by atoms with Crippen molar-refractivity contribution in [2.75, 3.05) is 0 Å². The number of nitrogens with zero attached hydrogens (tertiary/aromatic N) is 2. The molecule has 1 heterocycles. The summed E-state index contributed by atoms with van der Waals surface area (Å²) in [6.45, 7) is 2.94. The third-order valence-electron chi connectivity index (χ3n) is 2.17. The number of rotatable bonds is 5. The Balaban J connectivity index is 2.98. The number of carbonyl (C=O) groups is 1. The largest absolute Gasteiger partial charge is 0.481 e. The molecule has 0 aliphatic heterocycles. The molecule has 1 aromatic rings. The highest BCUT2D eigenvalue weighted by atomic mass is 32.2. The molecule has 1 aromatic heterocycles. The van der Waals surface area contributed by atoms with Crippen LogP contribution >= 0.6 is 0 Å². The second-order valence-corrected chi connectivity index (χ2v) is 6.23. The van der Waals surface area contributed by atoms with Gasteiger partial charge in [-0.15, -0.1) is 0 Å². The molecule has 0 aromatic carbocycles. The van der Waals surface area contributed by atoms with Crippen LogP contribution in [0.4, 0.5) is 0 Å². The summed E-state index contributed by atoms with van der Waals surface area (Å²) in [6, 6.07) is 4.29. The van der Waals surface area contributed by atoms with Gasteiger partial charge in [-0.3, -0.25) is 4.79 Å². The van der Waals surface area contributed by atoms with Crippen molar-refractivity contribution in [2.24, 2.45) is 0 Å². The van der Waals surface area contributed by atoms with Gasteiger partial charge in [-0.2, -0.15) is 5.26 Å². The van der Waals surface area contributed by atoms with Gasteiger partial charge in [0.05, 0.1) is 6.42 Å². The van der Waals surface area contributed by atoms with E-state index in [0.717, 1.165) is 6.20 Å². The third kappa shape index (κ3) is 4.31. The summed E-state index contributed by atoms with van der Waals surface area (Å²) in [6.07, 6.45) is 0.702. The van der Waals surface area contributed by atoms with Gasteiger partial charge in [0.15, 0.2) is 0 Å². The summed E-state index contributed by atoms with van der Waals surface area (Å²) < 4.78 is 26.3. The SMILES string of the molecule is CC(C)(CC(=O)O)NS(=O)(=O)c1ccc(C#N)nc1. The number of aliphatic carboxylic acids is 1. The molecule has 0 radical (unpaired) electrons. The smallest absolute Gasteiger partial charge is 0.305 e. The van der Waals surface area contributed by atoms with E-state index in [9.17, 15) is 13.2 Å². The number of nitriles is 1. The Morgan fingerprint density at radius 2 is 2.16 bits per heavy atom. The summed E-state index contributed by atoms with van der Waals surface area (Å²) in [5.41, 5.74) is -1.03. The standard InChI is InChI=1S/C11H13N3O4S/c1-11(2,5-10(15)16)14-19(17,18)9-4-3-8(6-12)13-7-9/h3-4,7,14H,5H2,1-2H3,(H,15,16). The Morgan fingerprint density at radius 3 is 2.58 bits per heavy atom. The van der Waals surface area contributed by atoms with E-state index in [4.69, 9.17) is 10.4 Å². The van der Waals surface area contributed by atoms with Gasteiger partial charge in [-0.25, -0.2) is 18.1 Å². The summed E-state index contributed by atoms with van der Waals surface area (Å²) in [5, 5.41) is 17.3. The first kappa shape index (κ1) is 15.1. The quantitative estimate of drug-likeness (QED) is 0.811. The number of sulfonamides is 1. The van der Waals surface area contributed by atoms with E-state index in [-0.39, 0.29) is 17.0 Å². The lowest BCUT2D eigenvalue weighted by Gasteiger charge is -2.23. The number of hydrogen-bond donors (Lipinski definition) is 2. The fourth-order valence-electron chi connectivity index (χ4n) is 1.44. The molecule has 0 fully saturated rings. The molecule has 0 aliphatic carbocycles. The normalized spacial score (nSPS) is 11.8. The number of pyridine rings is 1. The first-order valence-corrected chi connectivity index (χ1v) is 6.76. The van der Waals surface area contributed by atoms with Crippen molar-refractivity contribution in [3.63, 3.8) is 0 Å². The molecule has 0 spiro atoms. The molecule has 102 valence electrons. The van der Waals surface area contributed by atoms with E-state index in [0.29, 0.717) is 0 Å². The van der Waals surface area contributed by atoms with Crippen LogP contribution in [0.1, 0.15) is 26.0 Å². The Morgan fingerprint density at radius 1 is 1.53 bits per heavy atom. The first-order chi connectivity index (χ1) is 8.66. The maximum atomic E-state index is 12.0. The minimum Gasteiger partial charge on any atom is -0.481 e. The van der Waals surface area contributed by atoms with Crippen LogP contribution in [0.5, 0.6) is 0 Å². The first-order valence-electron chi connectivity index (χ1n) is 5.28. The minimum atomic E-state index is -3.87. The lowest BCUT2D eigenvalue weighted by Crippen LogP contribution is -2.44. The fourth-order valence-corrected chi connectivity index (χ4v) is 2.80. The van der Waals surface area contributed by atoms with Crippen LogP contribution < -0.4 is 4.72 Å². The molecule has 1 rings (SSSR count). The summed E-state index contributed by atoms with van der Waals surface area (Å²) in [4.78, 5) is 14.2. The molecule has 0 atom stereocenters. The molecule has 2 N–H and O–H groups in total. The zero-order chi connectivity index (χ0) is 14.7. The van der Waals surface area contributed by atoms with Gasteiger partial charge in [0.25, 0.3) is 0 Å². The summed E-state index contributed by atoms with van der Waals surface area (Å²) in [5.74, 6) is -1.11. The van der Waals surface area contributed by atoms with E-state index in [2.05, 4.69) is 9.71 Å². The molecule has 0 saturated carbocycles. The Bertz CT molecular complexity index is 614. The molecular weight excluding hydrogens is 270 g/mol. The fraction of sp³-hybridized carbons (Fsp3) is 0.364. The maximum Gasteiger partial charge on any atom is 0.305 e. The Hall–Kier alpha value is -1.98. The van der Waals surface area contributed by atoms with Crippen LogP contribution in [-0.4, -0.2) is 30.0 Å². The van der Waals surface area contributed by atoms with Gasteiger partial charge in [-0.1, -0.05) is 0 Å². The number of aromatic nitrogens is 1. The van der Waals surface area contributed by atoms with Gasteiger partial charge in [0, 0.05) is 11.7 Å². The van der Waals surface area contributed by atoms with Crippen LogP contribution in [0.3, 0.4) is 0 Å². The van der Waals surface area contributed by atoms with Crippen LogP contribution in [0.2, 0.25) is 0 Å². The molecule has 0 amide bonds. The predicted molar refractivity (Wildman–Crippen MR) is 65.6 cm³/mol. The number of nitrogens with one attached hydrogen (secondary N) is 1. The molecule has 19 heavy (non-hydrogen) atoms. The summed E-state index contributed by atoms with van der Waals surface area (Å²) >= 11 is 0. The molecule has 7 nitrogen and oxygen atoms in total. The maximum absolute atomic E-state index is 12.0. The molecule has 0 unspecified atom stereocenters. The van der Waals surface area contributed by atoms with Crippen molar-refractivity contribution in [3.05, 3.63) is 24.0 Å². The van der Waals surface area contributed by atoms with E-state index in [1.54, 1.807) is 6.07 Å². The van der Waals surface area contributed by atoms with E-state index >= 15 is 0 Å². The predicted octanol–water partition coefficient (Wildman–Crippen LogP) is 0.485. The van der Waals surface area contributed by atoms with E-state index in [1.165, 1.54) is 26.0 Å². The lowest BCUT2D eigenvalue weighted by molar-refractivity contribution is -0.138. The molecule has 0 bridgehead atoms. The molecule has 0 saturated heterocycles. The zero-order valence-corrected chi connectivity index (χ0v) is 11.2. The van der Waals surface area contributed by atoms with Gasteiger partial charge in [-0.05, 0) is 26.0 Å². The number of carboxylic acid groups (broad SMARTS) is 1. The van der Waals surface area contributed by atoms with Gasteiger partial charge < -0.3 is 5.11 Å². The number of carboxylic acids is 1. The van der Waals surface area contributed by atoms with Crippen molar-refractivity contribution in [1.29, 1.82) is 5.26 Å². The van der Waals surface area contributed by atoms with E-state index in [1.807, 2.05) is 0 Å². The third-order valence-corrected chi connectivity index (χ3v) is 3.85. The lowest BCUT2D eigenvalue weighted by atomic mass is 10.0. The van der Waals surface area contributed by atoms with Crippen molar-refractivity contribution in [2.45, 2.75) is 30.7 Å². The topological polar surface area (TPSA) is 120 Å². The number of hydrogen-bond acceptors (Lipinski definition) is 5. The van der Waals surface area contributed by atoms with Crippen molar-refractivity contribution < 1.29 is 18.3 Å². The second-order valence-electron chi connectivity index (χ2n) is 4.55. The molecule has 8 heteroatoms. The highest BCUT2D eigenvalue weighted by molar-refractivity contribution is 7.89. The van der Waals surface area contributed by atoms with Crippen molar-refractivity contribution in [1.82, 2.24) is 9.71 Å². The zero-order valence-electron chi connectivity index (χ0n) is 10.4. The Labute approximate surface area is 110 Å². The van der Waals surface area contributed by atoms with Crippen molar-refractivity contribution >= 4 is 16.0 Å². The van der Waals surface area contributed by atoms with Gasteiger partial charge in [0.1, 0.15) is 16.7 Å². The second kappa shape index (κ2) is 5.34. The van der Waals surface area contributed by atoms with Gasteiger partial charge >= 0.3 is 5.97 Å². The molecular formula is C11H13N3O4S. The summed E-state index contributed by atoms with van der Waals surface area (Å²) in [7, 11) is -3.87. The molecule has 0 aliphatic rings. The minimum absolute atomic E-state index is 0.101. The Kier molecular flexibility index (Phi) is 4.24. The average Bonchev–Trinajstić information content (AvgIpc) is 2.25. The van der Waals surface area contributed by atoms with Crippen LogP contribution in [0.25, 0.3) is 0 Å². The van der Waals surface area contributed by atoms with Crippen LogP contribution in [-0.2, 0) is 14.8 Å². The van der Waals surface area contributed by atoms with Crippen molar-refractivity contribution in [3.8, 4) is 6.07 Å². The monoisotopic (exact) mass is 283 g/mol. The van der Waals surface area contributed by atoms with Crippen LogP contribution in [0.15, 0.2) is 23.2 Å². The van der Waals surface area contributed by atoms with Gasteiger partial charge in [0.2, 0.25) is 10.0 Å². The van der Waals surface area contributed by atoms with Crippen LogP contribution in [0, 0.1) is 11.3 Å². The average molecular weight is 283 g/mol. The highest BCUT2D eigenvalue weighted by Crippen LogP contribution is 2.15. The highest BCUT2D eigenvalue weighted by Gasteiger charge is 2.28.